The SMILES string of the molecule is COc1ccc2c(c1)C(=O)N(C[C@H](NC(=O)NC=O)c1ccc(-c3ccccc3-c3nnnn3C)cc1)C2. The number of methoxy groups -OCH3 is 1. The van der Waals surface area contributed by atoms with E-state index in [-0.39, 0.29) is 12.5 Å². The number of fused-ring (bicyclic) bond motifs is 1. The third kappa shape index (κ3) is 4.81. The van der Waals surface area contributed by atoms with Crippen molar-refractivity contribution in [2.75, 3.05) is 13.7 Å². The fourth-order valence-corrected chi connectivity index (χ4v) is 4.61. The zero-order valence-electron chi connectivity index (χ0n) is 20.8. The van der Waals surface area contributed by atoms with E-state index in [9.17, 15) is 14.4 Å². The number of urea groups is 1. The van der Waals surface area contributed by atoms with Gasteiger partial charge in [-0.25, -0.2) is 9.48 Å². The summed E-state index contributed by atoms with van der Waals surface area (Å²) < 4.78 is 6.87. The zero-order valence-corrected chi connectivity index (χ0v) is 20.8. The quantitative estimate of drug-likeness (QED) is 0.348. The van der Waals surface area contributed by atoms with E-state index in [1.54, 1.807) is 29.8 Å². The van der Waals surface area contributed by atoms with Crippen LogP contribution in [0.3, 0.4) is 0 Å². The van der Waals surface area contributed by atoms with Crippen molar-refractivity contribution < 1.29 is 19.1 Å². The molecule has 0 spiro atoms. The molecule has 11 nitrogen and oxygen atoms in total. The van der Waals surface area contributed by atoms with Crippen LogP contribution in [0.1, 0.15) is 27.5 Å². The number of aryl methyl sites for hydroxylation is 1. The van der Waals surface area contributed by atoms with E-state index >= 15 is 0 Å². The Hall–Kier alpha value is -5.06. The molecule has 0 unspecified atom stereocenters. The van der Waals surface area contributed by atoms with E-state index in [0.717, 1.165) is 27.8 Å². The number of carbonyl (C=O) groups is 3. The van der Waals surface area contributed by atoms with Crippen LogP contribution in [0.4, 0.5) is 4.79 Å². The van der Waals surface area contributed by atoms with Crippen LogP contribution in [0.15, 0.2) is 66.7 Å². The lowest BCUT2D eigenvalue weighted by molar-refractivity contribution is -0.108. The molecule has 38 heavy (non-hydrogen) atoms. The minimum atomic E-state index is -0.653. The van der Waals surface area contributed by atoms with Crippen molar-refractivity contribution in [3.8, 4) is 28.3 Å². The summed E-state index contributed by atoms with van der Waals surface area (Å²) in [4.78, 5) is 37.9. The summed E-state index contributed by atoms with van der Waals surface area (Å²) >= 11 is 0. The molecule has 5 rings (SSSR count). The van der Waals surface area contributed by atoms with Crippen LogP contribution in [0.2, 0.25) is 0 Å². The van der Waals surface area contributed by atoms with Gasteiger partial charge in [-0.1, -0.05) is 54.6 Å². The largest absolute Gasteiger partial charge is 0.497 e. The summed E-state index contributed by atoms with van der Waals surface area (Å²) in [5.74, 6) is 1.09. The number of hydrogen-bond donors (Lipinski definition) is 2. The lowest BCUT2D eigenvalue weighted by Gasteiger charge is -2.25. The molecule has 3 aromatic carbocycles. The maximum Gasteiger partial charge on any atom is 0.321 e. The van der Waals surface area contributed by atoms with Crippen LogP contribution < -0.4 is 15.4 Å². The lowest BCUT2D eigenvalue weighted by Crippen LogP contribution is -2.42. The van der Waals surface area contributed by atoms with Crippen molar-refractivity contribution in [2.45, 2.75) is 12.6 Å². The second kappa shape index (κ2) is 10.5. The number of hydrogen-bond acceptors (Lipinski definition) is 7. The number of benzene rings is 3. The normalized spacial score (nSPS) is 13.1. The molecule has 0 saturated heterocycles. The summed E-state index contributed by atoms with van der Waals surface area (Å²) in [6, 6.07) is 19.7. The Morgan fingerprint density at radius 3 is 2.53 bits per heavy atom. The Morgan fingerprint density at radius 1 is 1.08 bits per heavy atom. The van der Waals surface area contributed by atoms with E-state index in [0.29, 0.717) is 30.1 Å². The van der Waals surface area contributed by atoms with Crippen LogP contribution in [-0.4, -0.2) is 57.1 Å². The summed E-state index contributed by atoms with van der Waals surface area (Å²) in [6.45, 7) is 0.617. The monoisotopic (exact) mass is 511 g/mol. The first-order valence-electron chi connectivity index (χ1n) is 11.9. The predicted molar refractivity (Wildman–Crippen MR) is 138 cm³/mol. The van der Waals surface area contributed by atoms with Gasteiger partial charge in [0.2, 0.25) is 6.41 Å². The molecule has 0 aliphatic carbocycles. The fraction of sp³-hybridized carbons (Fsp3) is 0.185. The van der Waals surface area contributed by atoms with Crippen molar-refractivity contribution in [3.05, 3.63) is 83.4 Å². The smallest absolute Gasteiger partial charge is 0.321 e. The number of rotatable bonds is 8. The van der Waals surface area contributed by atoms with Crippen molar-refractivity contribution in [1.82, 2.24) is 35.7 Å². The molecule has 0 bridgehead atoms. The standard InChI is InChI=1S/C27H25N7O4/c1-33-25(30-31-32-33)22-6-4-3-5-21(22)17-7-9-18(10-8-17)24(29-27(37)28-16-35)15-34-14-19-11-12-20(38-2)13-23(19)26(34)36/h3-13,16,24H,14-15H2,1-2H3,(H2,28,29,35,37)/t24-/m0/s1. The number of nitrogens with one attached hydrogen (secondary N) is 2. The molecular weight excluding hydrogens is 486 g/mol. The van der Waals surface area contributed by atoms with Gasteiger partial charge in [0.25, 0.3) is 5.91 Å². The van der Waals surface area contributed by atoms with Crippen molar-refractivity contribution in [3.63, 3.8) is 0 Å². The number of imide groups is 1. The van der Waals surface area contributed by atoms with Crippen LogP contribution in [0.5, 0.6) is 5.75 Å². The summed E-state index contributed by atoms with van der Waals surface area (Å²) in [5.41, 5.74) is 4.99. The molecule has 192 valence electrons. The van der Waals surface area contributed by atoms with Crippen LogP contribution in [0.25, 0.3) is 22.5 Å². The van der Waals surface area contributed by atoms with Crippen LogP contribution in [-0.2, 0) is 18.4 Å². The van der Waals surface area contributed by atoms with Gasteiger partial charge in [-0.2, -0.15) is 0 Å². The predicted octanol–water partition coefficient (Wildman–Crippen LogP) is 2.71. The van der Waals surface area contributed by atoms with E-state index < -0.39 is 12.1 Å². The lowest BCUT2D eigenvalue weighted by atomic mass is 9.96. The number of ether oxygens (including phenoxy) is 1. The van der Waals surface area contributed by atoms with Crippen LogP contribution in [0, 0.1) is 0 Å². The van der Waals surface area contributed by atoms with Crippen molar-refractivity contribution >= 4 is 18.3 Å². The molecule has 2 N–H and O–H groups in total. The number of nitrogens with zero attached hydrogens (tertiary/aromatic N) is 5. The zero-order chi connectivity index (χ0) is 26.6. The van der Waals surface area contributed by atoms with Gasteiger partial charge in [0.15, 0.2) is 5.82 Å². The number of tetrazole rings is 1. The first-order chi connectivity index (χ1) is 18.5. The molecule has 1 atom stereocenters. The minimum absolute atomic E-state index is 0.149. The van der Waals surface area contributed by atoms with Gasteiger partial charge in [-0.15, -0.1) is 5.10 Å². The highest BCUT2D eigenvalue weighted by molar-refractivity contribution is 5.98. The maximum atomic E-state index is 13.1. The molecule has 0 saturated carbocycles. The highest BCUT2D eigenvalue weighted by Gasteiger charge is 2.30. The molecule has 11 heteroatoms. The van der Waals surface area contributed by atoms with Gasteiger partial charge in [0.1, 0.15) is 5.75 Å². The van der Waals surface area contributed by atoms with E-state index in [2.05, 4.69) is 26.2 Å². The molecule has 1 aliphatic rings. The van der Waals surface area contributed by atoms with Gasteiger partial charge < -0.3 is 15.0 Å². The first kappa shape index (κ1) is 24.6. The topological polar surface area (TPSA) is 131 Å². The van der Waals surface area contributed by atoms with Crippen LogP contribution >= 0.6 is 0 Å². The first-order valence-corrected chi connectivity index (χ1v) is 11.9. The molecule has 4 aromatic rings. The van der Waals surface area contributed by atoms with Gasteiger partial charge in [-0.3, -0.25) is 14.9 Å². The molecular formula is C27H25N7O4. The molecule has 0 fully saturated rings. The van der Waals surface area contributed by atoms with Gasteiger partial charge in [0, 0.05) is 31.3 Å². The Balaban J connectivity index is 1.42. The third-order valence-corrected chi connectivity index (χ3v) is 6.51. The van der Waals surface area contributed by atoms with Gasteiger partial charge >= 0.3 is 6.03 Å². The Bertz CT molecular complexity index is 1500. The Morgan fingerprint density at radius 2 is 1.84 bits per heavy atom. The van der Waals surface area contributed by atoms with E-state index in [4.69, 9.17) is 4.74 Å². The van der Waals surface area contributed by atoms with Crippen molar-refractivity contribution in [1.29, 1.82) is 0 Å². The number of carbonyl (C=O) groups excluding carboxylic acids is 3. The summed E-state index contributed by atoms with van der Waals surface area (Å²) in [7, 11) is 3.33. The van der Waals surface area contributed by atoms with E-state index in [1.165, 1.54) is 0 Å². The van der Waals surface area contributed by atoms with Gasteiger partial charge in [0.05, 0.1) is 13.2 Å². The second-order valence-corrected chi connectivity index (χ2v) is 8.79. The number of aromatic nitrogens is 4. The minimum Gasteiger partial charge on any atom is -0.497 e. The van der Waals surface area contributed by atoms with E-state index in [1.807, 2.05) is 60.7 Å². The molecule has 4 amide bonds. The Labute approximate surface area is 218 Å². The molecule has 1 aromatic heterocycles. The average molecular weight is 512 g/mol. The molecule has 1 aliphatic heterocycles. The summed E-state index contributed by atoms with van der Waals surface area (Å²) in [6.07, 6.45) is 0.316. The highest BCUT2D eigenvalue weighted by atomic mass is 16.5. The fourth-order valence-electron chi connectivity index (χ4n) is 4.61. The van der Waals surface area contributed by atoms with Gasteiger partial charge in [-0.05, 0) is 44.8 Å². The molecule has 2 heterocycles. The maximum absolute atomic E-state index is 13.1. The highest BCUT2D eigenvalue weighted by Crippen LogP contribution is 2.32. The summed E-state index contributed by atoms with van der Waals surface area (Å²) in [5, 5.41) is 16.7. The Kier molecular flexibility index (Phi) is 6.81. The second-order valence-electron chi connectivity index (χ2n) is 8.79. The average Bonchev–Trinajstić information content (AvgIpc) is 3.50. The van der Waals surface area contributed by atoms with Crippen molar-refractivity contribution in [2.24, 2.45) is 7.05 Å². The number of amides is 4. The molecule has 0 radical (unpaired) electrons. The third-order valence-electron chi connectivity index (χ3n) is 6.51.